The van der Waals surface area contributed by atoms with Crippen molar-refractivity contribution in [3.05, 3.63) is 35.9 Å². The van der Waals surface area contributed by atoms with E-state index in [0.29, 0.717) is 12.0 Å². The number of nitrogens with zero attached hydrogens (tertiary/aromatic N) is 1. The Morgan fingerprint density at radius 2 is 2.00 bits per heavy atom. The molecule has 1 aromatic carbocycles. The molecule has 4 N–H and O–H groups in total. The third kappa shape index (κ3) is 3.73. The third-order valence-electron chi connectivity index (χ3n) is 4.39. The first-order valence-electron chi connectivity index (χ1n) is 7.38. The van der Waals surface area contributed by atoms with Gasteiger partial charge in [-0.1, -0.05) is 55.3 Å². The fourth-order valence-electron chi connectivity index (χ4n) is 3.07. The van der Waals surface area contributed by atoms with Gasteiger partial charge in [0.25, 0.3) is 0 Å². The van der Waals surface area contributed by atoms with E-state index in [1.165, 1.54) is 25.7 Å². The molecule has 1 aromatic rings. The highest BCUT2D eigenvalue weighted by Gasteiger charge is 2.28. The molecule has 110 valence electrons. The number of nitrogens with two attached hydrogens (primary N) is 1. The largest absolute Gasteiger partial charge is 0.409 e. The Morgan fingerprint density at radius 1 is 1.35 bits per heavy atom. The van der Waals surface area contributed by atoms with Crippen molar-refractivity contribution in [2.24, 2.45) is 16.3 Å². The molecule has 1 unspecified atom stereocenters. The van der Waals surface area contributed by atoms with Gasteiger partial charge in [0.2, 0.25) is 0 Å². The summed E-state index contributed by atoms with van der Waals surface area (Å²) in [5.74, 6) is 0.187. The van der Waals surface area contributed by atoms with E-state index < -0.39 is 0 Å². The maximum Gasteiger partial charge on any atom is 0.147 e. The lowest BCUT2D eigenvalue weighted by Crippen LogP contribution is -2.36. The summed E-state index contributed by atoms with van der Waals surface area (Å²) in [5, 5.41) is 15.7. The van der Waals surface area contributed by atoms with Gasteiger partial charge < -0.3 is 16.3 Å². The molecule has 1 aliphatic carbocycles. The second-order valence-corrected chi connectivity index (χ2v) is 6.14. The molecule has 4 nitrogen and oxygen atoms in total. The van der Waals surface area contributed by atoms with Crippen LogP contribution in [0.25, 0.3) is 0 Å². The van der Waals surface area contributed by atoms with Crippen LogP contribution in [-0.2, 0) is 0 Å². The van der Waals surface area contributed by atoms with Crippen molar-refractivity contribution in [3.8, 4) is 0 Å². The Morgan fingerprint density at radius 3 is 2.60 bits per heavy atom. The van der Waals surface area contributed by atoms with E-state index in [9.17, 15) is 0 Å². The molecule has 2 rings (SSSR count). The first-order valence-corrected chi connectivity index (χ1v) is 7.38. The first kappa shape index (κ1) is 14.9. The molecule has 0 amide bonds. The SMILES string of the molecule is CC1(CNCC(C(N)=NO)c2ccccc2)CCCC1. The van der Waals surface area contributed by atoms with Gasteiger partial charge in [0, 0.05) is 13.1 Å². The van der Waals surface area contributed by atoms with E-state index in [0.717, 1.165) is 12.1 Å². The van der Waals surface area contributed by atoms with Crippen molar-refractivity contribution in [2.75, 3.05) is 13.1 Å². The molecule has 4 heteroatoms. The van der Waals surface area contributed by atoms with Crippen molar-refractivity contribution in [2.45, 2.75) is 38.5 Å². The number of rotatable bonds is 6. The molecule has 20 heavy (non-hydrogen) atoms. The molecule has 1 fully saturated rings. The van der Waals surface area contributed by atoms with Crippen molar-refractivity contribution in [1.82, 2.24) is 5.32 Å². The van der Waals surface area contributed by atoms with E-state index in [1.807, 2.05) is 30.3 Å². The summed E-state index contributed by atoms with van der Waals surface area (Å²) >= 11 is 0. The van der Waals surface area contributed by atoms with Gasteiger partial charge in [-0.25, -0.2) is 0 Å². The zero-order valence-corrected chi connectivity index (χ0v) is 12.2. The van der Waals surface area contributed by atoms with Crippen LogP contribution >= 0.6 is 0 Å². The van der Waals surface area contributed by atoms with E-state index in [4.69, 9.17) is 10.9 Å². The molecular weight excluding hydrogens is 250 g/mol. The molecule has 1 atom stereocenters. The second kappa shape index (κ2) is 6.75. The Bertz CT molecular complexity index is 438. The Labute approximate surface area is 121 Å². The smallest absolute Gasteiger partial charge is 0.147 e. The van der Waals surface area contributed by atoms with E-state index in [2.05, 4.69) is 17.4 Å². The van der Waals surface area contributed by atoms with E-state index in [-0.39, 0.29) is 11.8 Å². The molecule has 0 heterocycles. The number of hydrogen-bond acceptors (Lipinski definition) is 3. The average molecular weight is 275 g/mol. The van der Waals surface area contributed by atoms with Crippen LogP contribution < -0.4 is 11.1 Å². The maximum absolute atomic E-state index is 8.96. The maximum atomic E-state index is 8.96. The first-order chi connectivity index (χ1) is 9.64. The quantitative estimate of drug-likeness (QED) is 0.323. The van der Waals surface area contributed by atoms with Gasteiger partial charge in [-0.3, -0.25) is 0 Å². The van der Waals surface area contributed by atoms with Crippen molar-refractivity contribution in [3.63, 3.8) is 0 Å². The van der Waals surface area contributed by atoms with Crippen LogP contribution in [0.1, 0.15) is 44.1 Å². The third-order valence-corrected chi connectivity index (χ3v) is 4.39. The van der Waals surface area contributed by atoms with Gasteiger partial charge in [-0.2, -0.15) is 0 Å². The minimum atomic E-state index is -0.0776. The molecule has 0 bridgehead atoms. The fourth-order valence-corrected chi connectivity index (χ4v) is 3.07. The van der Waals surface area contributed by atoms with Crippen LogP contribution in [0.4, 0.5) is 0 Å². The fraction of sp³-hybridized carbons (Fsp3) is 0.562. The summed E-state index contributed by atoms with van der Waals surface area (Å²) < 4.78 is 0. The summed E-state index contributed by atoms with van der Waals surface area (Å²) in [5.41, 5.74) is 7.32. The molecule has 1 aliphatic rings. The number of benzene rings is 1. The minimum Gasteiger partial charge on any atom is -0.409 e. The molecular formula is C16H25N3O. The summed E-state index contributed by atoms with van der Waals surface area (Å²) in [7, 11) is 0. The van der Waals surface area contributed by atoms with Crippen molar-refractivity contribution in [1.29, 1.82) is 0 Å². The standard InChI is InChI=1S/C16H25N3O/c1-16(9-5-6-10-16)12-18-11-14(15(17)19-20)13-7-3-2-4-8-13/h2-4,7-8,14,18,20H,5-6,9-12H2,1H3,(H2,17,19). The highest BCUT2D eigenvalue weighted by Crippen LogP contribution is 2.36. The molecule has 0 aromatic heterocycles. The highest BCUT2D eigenvalue weighted by molar-refractivity contribution is 5.87. The van der Waals surface area contributed by atoms with Crippen molar-refractivity contribution >= 4 is 5.84 Å². The summed E-state index contributed by atoms with van der Waals surface area (Å²) in [4.78, 5) is 0. The van der Waals surface area contributed by atoms with Gasteiger partial charge in [-0.15, -0.1) is 0 Å². The molecule has 0 radical (unpaired) electrons. The number of nitrogens with one attached hydrogen (secondary N) is 1. The van der Waals surface area contributed by atoms with Crippen LogP contribution in [0.15, 0.2) is 35.5 Å². The summed E-state index contributed by atoms with van der Waals surface area (Å²) in [6.45, 7) is 4.04. The lowest BCUT2D eigenvalue weighted by molar-refractivity contribution is 0.308. The van der Waals surface area contributed by atoms with E-state index in [1.54, 1.807) is 0 Å². The Hall–Kier alpha value is -1.55. The molecule has 0 saturated heterocycles. The van der Waals surface area contributed by atoms with Gasteiger partial charge in [0.1, 0.15) is 5.84 Å². The summed E-state index contributed by atoms with van der Waals surface area (Å²) in [6, 6.07) is 9.96. The topological polar surface area (TPSA) is 70.6 Å². The van der Waals surface area contributed by atoms with Crippen LogP contribution in [0.3, 0.4) is 0 Å². The highest BCUT2D eigenvalue weighted by atomic mass is 16.4. The van der Waals surface area contributed by atoms with E-state index >= 15 is 0 Å². The monoisotopic (exact) mass is 275 g/mol. The van der Waals surface area contributed by atoms with Gasteiger partial charge in [0.15, 0.2) is 0 Å². The Kier molecular flexibility index (Phi) is 5.01. The average Bonchev–Trinajstić information content (AvgIpc) is 2.91. The number of amidine groups is 1. The van der Waals surface area contributed by atoms with Gasteiger partial charge in [0.05, 0.1) is 5.92 Å². The number of oxime groups is 1. The van der Waals surface area contributed by atoms with Crippen LogP contribution in [0, 0.1) is 5.41 Å². The lowest BCUT2D eigenvalue weighted by Gasteiger charge is -2.25. The summed E-state index contributed by atoms with van der Waals surface area (Å²) in [6.07, 6.45) is 5.25. The van der Waals surface area contributed by atoms with Crippen molar-refractivity contribution < 1.29 is 5.21 Å². The molecule has 0 aliphatic heterocycles. The van der Waals surface area contributed by atoms with Crippen LogP contribution in [-0.4, -0.2) is 24.1 Å². The second-order valence-electron chi connectivity index (χ2n) is 6.14. The molecule has 0 spiro atoms. The normalized spacial score (nSPS) is 19.9. The molecule has 1 saturated carbocycles. The van der Waals surface area contributed by atoms with Crippen LogP contribution in [0.5, 0.6) is 0 Å². The Balaban J connectivity index is 1.95. The van der Waals surface area contributed by atoms with Crippen LogP contribution in [0.2, 0.25) is 0 Å². The number of hydrogen-bond donors (Lipinski definition) is 3. The minimum absolute atomic E-state index is 0.0776. The predicted molar refractivity (Wildman–Crippen MR) is 82.0 cm³/mol. The zero-order chi connectivity index (χ0) is 14.4. The van der Waals surface area contributed by atoms with Gasteiger partial charge in [-0.05, 0) is 23.8 Å². The lowest BCUT2D eigenvalue weighted by atomic mass is 9.88. The zero-order valence-electron chi connectivity index (χ0n) is 12.2. The predicted octanol–water partition coefficient (Wildman–Crippen LogP) is 2.69. The van der Waals surface area contributed by atoms with Gasteiger partial charge >= 0.3 is 0 Å².